The van der Waals surface area contributed by atoms with Crippen LogP contribution in [0.5, 0.6) is 0 Å². The Hall–Kier alpha value is -3.85. The van der Waals surface area contributed by atoms with Crippen molar-refractivity contribution in [3.05, 3.63) is 119 Å². The van der Waals surface area contributed by atoms with Gasteiger partial charge in [-0.15, -0.1) is 0 Å². The van der Waals surface area contributed by atoms with Crippen LogP contribution in [0.1, 0.15) is 34.2 Å². The SMILES string of the molecule is Cc1ccc(N(N=Cc2ccc3c(c2)CCCN3c2cccc(C)c2)c2ccc(C)cc2)cc1. The average molecular weight is 446 g/mol. The van der Waals surface area contributed by atoms with Crippen molar-refractivity contribution in [1.29, 1.82) is 0 Å². The Morgan fingerprint density at radius 3 is 2.06 bits per heavy atom. The van der Waals surface area contributed by atoms with Crippen molar-refractivity contribution in [2.75, 3.05) is 16.5 Å². The van der Waals surface area contributed by atoms with E-state index in [1.165, 1.54) is 33.6 Å². The second-order valence-corrected chi connectivity index (χ2v) is 9.21. The van der Waals surface area contributed by atoms with E-state index in [1.807, 2.05) is 11.2 Å². The maximum Gasteiger partial charge on any atom is 0.0652 e. The quantitative estimate of drug-likeness (QED) is 0.230. The average Bonchev–Trinajstić information content (AvgIpc) is 2.85. The van der Waals surface area contributed by atoms with E-state index in [0.717, 1.165) is 36.3 Å². The minimum absolute atomic E-state index is 1.05. The second kappa shape index (κ2) is 9.56. The first-order valence-electron chi connectivity index (χ1n) is 12.0. The third kappa shape index (κ3) is 4.74. The van der Waals surface area contributed by atoms with Crippen molar-refractivity contribution in [2.45, 2.75) is 33.6 Å². The number of rotatable bonds is 5. The predicted octanol–water partition coefficient (Wildman–Crippen LogP) is 7.87. The van der Waals surface area contributed by atoms with Crippen molar-refractivity contribution in [3.63, 3.8) is 0 Å². The molecule has 5 rings (SSSR count). The van der Waals surface area contributed by atoms with Gasteiger partial charge in [-0.1, -0.05) is 53.6 Å². The molecule has 4 aromatic rings. The maximum atomic E-state index is 4.93. The molecule has 1 aliphatic heterocycles. The smallest absolute Gasteiger partial charge is 0.0652 e. The highest BCUT2D eigenvalue weighted by atomic mass is 15.5. The van der Waals surface area contributed by atoms with E-state index in [2.05, 4.69) is 117 Å². The molecule has 0 aliphatic carbocycles. The lowest BCUT2D eigenvalue weighted by Gasteiger charge is -2.32. The zero-order valence-corrected chi connectivity index (χ0v) is 20.2. The van der Waals surface area contributed by atoms with Gasteiger partial charge in [-0.2, -0.15) is 5.10 Å². The van der Waals surface area contributed by atoms with Crippen LogP contribution in [0.4, 0.5) is 22.7 Å². The zero-order valence-electron chi connectivity index (χ0n) is 20.2. The van der Waals surface area contributed by atoms with Crippen molar-refractivity contribution < 1.29 is 0 Å². The summed E-state index contributed by atoms with van der Waals surface area (Å²) in [6, 6.07) is 32.5. The molecule has 0 bridgehead atoms. The van der Waals surface area contributed by atoms with Crippen molar-refractivity contribution in [1.82, 2.24) is 0 Å². The third-order valence-corrected chi connectivity index (χ3v) is 6.41. The minimum atomic E-state index is 1.05. The Morgan fingerprint density at radius 2 is 1.41 bits per heavy atom. The molecule has 0 spiro atoms. The highest BCUT2D eigenvalue weighted by molar-refractivity contribution is 5.84. The first-order chi connectivity index (χ1) is 16.6. The highest BCUT2D eigenvalue weighted by Gasteiger charge is 2.18. The minimum Gasteiger partial charge on any atom is -0.341 e. The van der Waals surface area contributed by atoms with Crippen molar-refractivity contribution in [2.24, 2.45) is 5.10 Å². The van der Waals surface area contributed by atoms with Gasteiger partial charge >= 0.3 is 0 Å². The van der Waals surface area contributed by atoms with Crippen LogP contribution in [-0.2, 0) is 6.42 Å². The molecule has 0 atom stereocenters. The van der Waals surface area contributed by atoms with Gasteiger partial charge in [0.15, 0.2) is 0 Å². The normalized spacial score (nSPS) is 13.2. The van der Waals surface area contributed by atoms with Crippen molar-refractivity contribution >= 4 is 29.0 Å². The molecule has 3 heteroatoms. The van der Waals surface area contributed by atoms with Gasteiger partial charge in [-0.05, 0) is 98.8 Å². The summed E-state index contributed by atoms with van der Waals surface area (Å²) in [7, 11) is 0. The van der Waals surface area contributed by atoms with E-state index >= 15 is 0 Å². The monoisotopic (exact) mass is 445 g/mol. The highest BCUT2D eigenvalue weighted by Crippen LogP contribution is 2.34. The summed E-state index contributed by atoms with van der Waals surface area (Å²) >= 11 is 0. The van der Waals surface area contributed by atoms with Gasteiger partial charge in [0.2, 0.25) is 0 Å². The molecule has 0 saturated carbocycles. The Bertz CT molecular complexity index is 1260. The molecule has 170 valence electrons. The number of benzene rings is 4. The molecule has 1 heterocycles. The molecule has 4 aromatic carbocycles. The molecule has 0 radical (unpaired) electrons. The van der Waals surface area contributed by atoms with E-state index in [4.69, 9.17) is 5.10 Å². The Labute approximate surface area is 203 Å². The molecule has 0 saturated heterocycles. The summed E-state index contributed by atoms with van der Waals surface area (Å²) in [6.07, 6.45) is 4.23. The van der Waals surface area contributed by atoms with Crippen LogP contribution in [0.2, 0.25) is 0 Å². The fourth-order valence-electron chi connectivity index (χ4n) is 4.54. The van der Waals surface area contributed by atoms with Crippen molar-refractivity contribution in [3.8, 4) is 0 Å². The first-order valence-corrected chi connectivity index (χ1v) is 12.0. The van der Waals surface area contributed by atoms with Gasteiger partial charge in [0.05, 0.1) is 17.6 Å². The Balaban J connectivity index is 1.46. The lowest BCUT2D eigenvalue weighted by Crippen LogP contribution is -2.24. The summed E-state index contributed by atoms with van der Waals surface area (Å²) in [5.74, 6) is 0. The van der Waals surface area contributed by atoms with Gasteiger partial charge in [-0.3, -0.25) is 0 Å². The second-order valence-electron chi connectivity index (χ2n) is 9.21. The van der Waals surface area contributed by atoms with E-state index in [-0.39, 0.29) is 0 Å². The van der Waals surface area contributed by atoms with Crippen LogP contribution in [0.25, 0.3) is 0 Å². The predicted molar refractivity (Wildman–Crippen MR) is 145 cm³/mol. The van der Waals surface area contributed by atoms with E-state index in [1.54, 1.807) is 0 Å². The topological polar surface area (TPSA) is 18.8 Å². The van der Waals surface area contributed by atoms with E-state index in [9.17, 15) is 0 Å². The fraction of sp³-hybridized carbons (Fsp3) is 0.194. The molecule has 0 aromatic heterocycles. The number of hydrogen-bond donors (Lipinski definition) is 0. The Morgan fingerprint density at radius 1 is 0.735 bits per heavy atom. The fourth-order valence-corrected chi connectivity index (χ4v) is 4.54. The molecule has 0 amide bonds. The standard InChI is InChI=1S/C31H31N3/c1-23-9-14-28(15-10-23)34(29-16-11-24(2)12-17-29)32-22-26-13-18-31-27(21-26)7-5-19-33(31)30-8-4-6-25(3)20-30/h4,6,8-18,20-22H,5,7,19H2,1-3H3. The first kappa shape index (κ1) is 22.0. The molecular formula is C31H31N3. The number of aryl methyl sites for hydroxylation is 4. The largest absolute Gasteiger partial charge is 0.341 e. The van der Waals surface area contributed by atoms with Gasteiger partial charge in [0, 0.05) is 17.9 Å². The maximum absolute atomic E-state index is 4.93. The molecule has 0 fully saturated rings. The van der Waals surface area contributed by atoms with Crippen LogP contribution in [0, 0.1) is 20.8 Å². The summed E-state index contributed by atoms with van der Waals surface area (Å²) < 4.78 is 0. The molecule has 1 aliphatic rings. The van der Waals surface area contributed by atoms with Gasteiger partial charge in [-0.25, -0.2) is 5.01 Å². The summed E-state index contributed by atoms with van der Waals surface area (Å²) in [6.45, 7) is 7.42. The molecule has 0 N–H and O–H groups in total. The number of anilines is 4. The van der Waals surface area contributed by atoms with Crippen LogP contribution in [0.15, 0.2) is 96.1 Å². The summed E-state index contributed by atoms with van der Waals surface area (Å²) in [4.78, 5) is 2.44. The molecule has 3 nitrogen and oxygen atoms in total. The van der Waals surface area contributed by atoms with Gasteiger partial charge in [0.25, 0.3) is 0 Å². The van der Waals surface area contributed by atoms with Gasteiger partial charge < -0.3 is 4.90 Å². The third-order valence-electron chi connectivity index (χ3n) is 6.41. The van der Waals surface area contributed by atoms with Crippen LogP contribution >= 0.6 is 0 Å². The summed E-state index contributed by atoms with van der Waals surface area (Å²) in [5, 5.41) is 6.94. The lowest BCUT2D eigenvalue weighted by atomic mass is 9.98. The van der Waals surface area contributed by atoms with E-state index < -0.39 is 0 Å². The van der Waals surface area contributed by atoms with Crippen LogP contribution in [0.3, 0.4) is 0 Å². The number of hydrogen-bond acceptors (Lipinski definition) is 3. The van der Waals surface area contributed by atoms with E-state index in [0.29, 0.717) is 0 Å². The number of hydrazone groups is 1. The molecule has 0 unspecified atom stereocenters. The Kier molecular flexibility index (Phi) is 6.18. The molecular weight excluding hydrogens is 414 g/mol. The van der Waals surface area contributed by atoms with Gasteiger partial charge in [0.1, 0.15) is 0 Å². The zero-order chi connectivity index (χ0) is 23.5. The number of fused-ring (bicyclic) bond motifs is 1. The van der Waals surface area contributed by atoms with Crippen LogP contribution < -0.4 is 9.91 Å². The number of nitrogens with zero attached hydrogens (tertiary/aromatic N) is 3. The summed E-state index contributed by atoms with van der Waals surface area (Å²) in [5.41, 5.74) is 11.0. The lowest BCUT2D eigenvalue weighted by molar-refractivity contribution is 0.766. The molecule has 34 heavy (non-hydrogen) atoms. The van der Waals surface area contributed by atoms with Crippen LogP contribution in [-0.4, -0.2) is 12.8 Å².